The fraction of sp³-hybridized carbons (Fsp3) is 0.467. The Hall–Kier alpha value is -1.51. The number of carboxylic acids is 1. The molecule has 0 fully saturated rings. The Kier molecular flexibility index (Phi) is 5.38. The van der Waals surface area contributed by atoms with Gasteiger partial charge < -0.3 is 5.11 Å². The molecule has 1 heterocycles. The molecule has 2 aromatic rings. The third-order valence-corrected chi connectivity index (χ3v) is 5.76. The maximum absolute atomic E-state index is 12.4. The van der Waals surface area contributed by atoms with Crippen molar-refractivity contribution in [2.75, 3.05) is 6.54 Å². The van der Waals surface area contributed by atoms with E-state index in [4.69, 9.17) is 0 Å². The highest BCUT2D eigenvalue weighted by Crippen LogP contribution is 2.24. The van der Waals surface area contributed by atoms with E-state index in [1.165, 1.54) is 17.4 Å². The molecule has 2 N–H and O–H groups in total. The Bertz CT molecular complexity index is 812. The summed E-state index contributed by atoms with van der Waals surface area (Å²) in [5.41, 5.74) is 0.759. The zero-order chi connectivity index (χ0) is 17.2. The van der Waals surface area contributed by atoms with Gasteiger partial charge in [-0.2, -0.15) is 0 Å². The van der Waals surface area contributed by atoms with Gasteiger partial charge in [-0.05, 0) is 37.5 Å². The van der Waals surface area contributed by atoms with E-state index in [9.17, 15) is 18.3 Å². The minimum atomic E-state index is -3.74. The van der Waals surface area contributed by atoms with Gasteiger partial charge in [0, 0.05) is 6.54 Å². The van der Waals surface area contributed by atoms with Crippen molar-refractivity contribution in [2.45, 2.75) is 32.1 Å². The minimum absolute atomic E-state index is 0.115. The zero-order valence-electron chi connectivity index (χ0n) is 13.2. The third kappa shape index (κ3) is 4.49. The Balaban J connectivity index is 2.17. The Morgan fingerprint density at radius 1 is 1.39 bits per heavy atom. The van der Waals surface area contributed by atoms with Crippen molar-refractivity contribution >= 4 is 37.5 Å². The fourth-order valence-electron chi connectivity index (χ4n) is 2.32. The molecule has 126 valence electrons. The number of fused-ring (bicyclic) bond motifs is 1. The van der Waals surface area contributed by atoms with Crippen molar-refractivity contribution in [1.29, 1.82) is 0 Å². The number of nitrogens with one attached hydrogen (secondary N) is 1. The Morgan fingerprint density at radius 3 is 2.70 bits per heavy atom. The molecule has 23 heavy (non-hydrogen) atoms. The van der Waals surface area contributed by atoms with E-state index in [-0.39, 0.29) is 17.4 Å². The highest BCUT2D eigenvalue weighted by Gasteiger charge is 2.23. The van der Waals surface area contributed by atoms with E-state index in [0.29, 0.717) is 6.42 Å². The first-order valence-corrected chi connectivity index (χ1v) is 9.58. The van der Waals surface area contributed by atoms with Crippen LogP contribution in [-0.4, -0.2) is 31.0 Å². The quantitative estimate of drug-likeness (QED) is 0.795. The lowest BCUT2D eigenvalue weighted by Gasteiger charge is -2.15. The molecule has 0 aliphatic heterocycles. The standard InChI is InChI=1S/C15H20N2O4S2/c1-9(2)6-11(15(18)19)8-16-23(20,21)12-4-5-13-14(7-12)22-10(3)17-13/h4-5,7,9,11,16H,6,8H2,1-3H3,(H,18,19). The maximum atomic E-state index is 12.4. The lowest BCUT2D eigenvalue weighted by atomic mass is 9.98. The molecule has 0 amide bonds. The summed E-state index contributed by atoms with van der Waals surface area (Å²) < 4.78 is 28.0. The van der Waals surface area contributed by atoms with Crippen LogP contribution in [0.25, 0.3) is 10.2 Å². The van der Waals surface area contributed by atoms with Crippen LogP contribution in [0.4, 0.5) is 0 Å². The van der Waals surface area contributed by atoms with Crippen LogP contribution in [0.1, 0.15) is 25.3 Å². The number of thiazole rings is 1. The van der Waals surface area contributed by atoms with Gasteiger partial charge in [-0.15, -0.1) is 11.3 Å². The van der Waals surface area contributed by atoms with Crippen LogP contribution in [0, 0.1) is 18.8 Å². The van der Waals surface area contributed by atoms with E-state index in [2.05, 4.69) is 9.71 Å². The molecule has 0 spiro atoms. The van der Waals surface area contributed by atoms with Gasteiger partial charge in [-0.3, -0.25) is 4.79 Å². The second-order valence-corrected chi connectivity index (χ2v) is 8.88. The molecule has 6 nitrogen and oxygen atoms in total. The highest BCUT2D eigenvalue weighted by atomic mass is 32.2. The van der Waals surface area contributed by atoms with Crippen molar-refractivity contribution in [3.05, 3.63) is 23.2 Å². The smallest absolute Gasteiger partial charge is 0.307 e. The number of sulfonamides is 1. The largest absolute Gasteiger partial charge is 0.481 e. The molecule has 0 aliphatic carbocycles. The van der Waals surface area contributed by atoms with Gasteiger partial charge in [0.2, 0.25) is 10.0 Å². The molecular formula is C15H20N2O4S2. The van der Waals surface area contributed by atoms with E-state index in [1.54, 1.807) is 12.1 Å². The molecule has 0 radical (unpaired) electrons. The molecule has 0 saturated carbocycles. The molecule has 1 atom stereocenters. The fourth-order valence-corrected chi connectivity index (χ4v) is 4.37. The Labute approximate surface area is 139 Å². The first-order chi connectivity index (χ1) is 10.7. The summed E-state index contributed by atoms with van der Waals surface area (Å²) in [5.74, 6) is -1.55. The van der Waals surface area contributed by atoms with E-state index in [0.717, 1.165) is 15.2 Å². The predicted molar refractivity (Wildman–Crippen MR) is 90.1 cm³/mol. The average molecular weight is 356 g/mol. The molecule has 0 aliphatic rings. The summed E-state index contributed by atoms with van der Waals surface area (Å²) in [6, 6.07) is 4.72. The maximum Gasteiger partial charge on any atom is 0.307 e. The van der Waals surface area contributed by atoms with Gasteiger partial charge in [-0.1, -0.05) is 13.8 Å². The number of hydrogen-bond acceptors (Lipinski definition) is 5. The molecule has 0 bridgehead atoms. The average Bonchev–Trinajstić information content (AvgIpc) is 2.81. The van der Waals surface area contributed by atoms with Gasteiger partial charge in [0.25, 0.3) is 0 Å². The summed E-state index contributed by atoms with van der Waals surface area (Å²) in [6.07, 6.45) is 0.422. The first-order valence-electron chi connectivity index (χ1n) is 7.28. The number of carbonyl (C=O) groups is 1. The van der Waals surface area contributed by atoms with E-state index in [1.807, 2.05) is 20.8 Å². The van der Waals surface area contributed by atoms with E-state index < -0.39 is 21.9 Å². The minimum Gasteiger partial charge on any atom is -0.481 e. The van der Waals surface area contributed by atoms with Crippen LogP contribution in [0.5, 0.6) is 0 Å². The van der Waals surface area contributed by atoms with Crippen molar-refractivity contribution in [3.8, 4) is 0 Å². The topological polar surface area (TPSA) is 96.4 Å². The van der Waals surface area contributed by atoms with Crippen LogP contribution < -0.4 is 4.72 Å². The SMILES string of the molecule is Cc1nc2ccc(S(=O)(=O)NCC(CC(C)C)C(=O)O)cc2s1. The number of aliphatic carboxylic acids is 1. The summed E-state index contributed by atoms with van der Waals surface area (Å²) in [7, 11) is -3.74. The van der Waals surface area contributed by atoms with Crippen LogP contribution >= 0.6 is 11.3 Å². The van der Waals surface area contributed by atoms with E-state index >= 15 is 0 Å². The van der Waals surface area contributed by atoms with Crippen LogP contribution in [0.2, 0.25) is 0 Å². The van der Waals surface area contributed by atoms with Gasteiger partial charge in [0.05, 0.1) is 26.0 Å². The number of benzene rings is 1. The van der Waals surface area contributed by atoms with Gasteiger partial charge >= 0.3 is 5.97 Å². The van der Waals surface area contributed by atoms with Crippen molar-refractivity contribution in [3.63, 3.8) is 0 Å². The predicted octanol–water partition coefficient (Wildman–Crippen LogP) is 2.63. The van der Waals surface area contributed by atoms with Gasteiger partial charge in [0.15, 0.2) is 0 Å². The van der Waals surface area contributed by atoms with Crippen LogP contribution in [0.15, 0.2) is 23.1 Å². The molecular weight excluding hydrogens is 336 g/mol. The first kappa shape index (κ1) is 17.8. The zero-order valence-corrected chi connectivity index (χ0v) is 14.9. The molecule has 2 rings (SSSR count). The van der Waals surface area contributed by atoms with Crippen LogP contribution in [0.3, 0.4) is 0 Å². The van der Waals surface area contributed by atoms with Crippen molar-refractivity contribution in [1.82, 2.24) is 9.71 Å². The number of aryl methyl sites for hydroxylation is 1. The van der Waals surface area contributed by atoms with Crippen molar-refractivity contribution in [2.24, 2.45) is 11.8 Å². The summed E-state index contributed by atoms with van der Waals surface area (Å²) in [4.78, 5) is 15.6. The van der Waals surface area contributed by atoms with Crippen LogP contribution in [-0.2, 0) is 14.8 Å². The molecule has 8 heteroatoms. The second-order valence-electron chi connectivity index (χ2n) is 5.88. The number of rotatable bonds is 7. The number of aromatic nitrogens is 1. The number of hydrogen-bond donors (Lipinski definition) is 2. The summed E-state index contributed by atoms with van der Waals surface area (Å²) in [6.45, 7) is 5.56. The monoisotopic (exact) mass is 356 g/mol. The summed E-state index contributed by atoms with van der Waals surface area (Å²) in [5, 5.41) is 10.1. The molecule has 1 aromatic heterocycles. The van der Waals surface area contributed by atoms with Crippen molar-refractivity contribution < 1.29 is 18.3 Å². The molecule has 1 unspecified atom stereocenters. The lowest BCUT2D eigenvalue weighted by Crippen LogP contribution is -2.33. The normalized spacial score (nSPS) is 13.6. The lowest BCUT2D eigenvalue weighted by molar-refractivity contribution is -0.142. The third-order valence-electron chi connectivity index (χ3n) is 3.40. The summed E-state index contributed by atoms with van der Waals surface area (Å²) >= 11 is 1.42. The second kappa shape index (κ2) is 6.94. The molecule has 0 saturated heterocycles. The number of carboxylic acid groups (broad SMARTS) is 1. The van der Waals surface area contributed by atoms with Gasteiger partial charge in [-0.25, -0.2) is 18.1 Å². The molecule has 1 aromatic carbocycles. The Morgan fingerprint density at radius 2 is 2.09 bits per heavy atom. The highest BCUT2D eigenvalue weighted by molar-refractivity contribution is 7.89. The number of nitrogens with zero attached hydrogens (tertiary/aromatic N) is 1. The van der Waals surface area contributed by atoms with Gasteiger partial charge in [0.1, 0.15) is 0 Å².